The van der Waals surface area contributed by atoms with Crippen LogP contribution in [-0.4, -0.2) is 54.2 Å². The van der Waals surface area contributed by atoms with Crippen molar-refractivity contribution in [2.45, 2.75) is 26.7 Å². The second-order valence-corrected chi connectivity index (χ2v) is 7.01. The number of anilines is 1. The average molecular weight is 358 g/mol. The van der Waals surface area contributed by atoms with Gasteiger partial charge in [0.2, 0.25) is 0 Å². The summed E-state index contributed by atoms with van der Waals surface area (Å²) in [5, 5.41) is 0. The van der Waals surface area contributed by atoms with Crippen molar-refractivity contribution in [2.24, 2.45) is 0 Å². The Hall–Kier alpha value is -2.21. The van der Waals surface area contributed by atoms with E-state index in [0.29, 0.717) is 18.3 Å². The topological polar surface area (TPSA) is 41.5 Å². The first-order valence-corrected chi connectivity index (χ1v) is 9.22. The molecule has 2 aromatic rings. The molecule has 2 heterocycles. The number of nitrogens with zero attached hydrogens (tertiary/aromatic N) is 4. The van der Waals surface area contributed by atoms with Gasteiger partial charge < -0.3 is 9.64 Å². The third-order valence-electron chi connectivity index (χ3n) is 4.56. The van der Waals surface area contributed by atoms with E-state index in [0.717, 1.165) is 50.1 Å². The second-order valence-electron chi connectivity index (χ2n) is 7.01. The molecule has 5 nitrogen and oxygen atoms in total. The number of hydrogen-bond donors (Lipinski definition) is 0. The van der Waals surface area contributed by atoms with Gasteiger partial charge in [-0.15, -0.1) is 0 Å². The lowest BCUT2D eigenvalue weighted by molar-refractivity contribution is 0.200. The number of aryl methyl sites for hydroxylation is 1. The standard InChI is InChI=1S/C20H27FN4O/c1-15(2)20-22-16(3)14-19(23-20)25-10-8-24(9-11-25)12-13-26-18-6-4-17(21)5-7-18/h4-7,14-15H,8-13H2,1-3H3. The SMILES string of the molecule is Cc1cc(N2CCN(CCOc3ccc(F)cc3)CC2)nc(C(C)C)n1. The van der Waals surface area contributed by atoms with Gasteiger partial charge >= 0.3 is 0 Å². The highest BCUT2D eigenvalue weighted by molar-refractivity contribution is 5.40. The molecule has 6 heteroatoms. The van der Waals surface area contributed by atoms with Crippen molar-refractivity contribution in [3.63, 3.8) is 0 Å². The zero-order valence-corrected chi connectivity index (χ0v) is 15.8. The van der Waals surface area contributed by atoms with Gasteiger partial charge in [0.05, 0.1) is 0 Å². The third kappa shape index (κ3) is 4.91. The van der Waals surface area contributed by atoms with E-state index in [9.17, 15) is 4.39 Å². The fraction of sp³-hybridized carbons (Fsp3) is 0.500. The van der Waals surface area contributed by atoms with Crippen molar-refractivity contribution in [3.8, 4) is 5.75 Å². The van der Waals surface area contributed by atoms with Crippen LogP contribution in [0.15, 0.2) is 30.3 Å². The van der Waals surface area contributed by atoms with E-state index in [1.807, 2.05) is 6.92 Å². The lowest BCUT2D eigenvalue weighted by Gasteiger charge is -2.35. The Morgan fingerprint density at radius 3 is 2.42 bits per heavy atom. The van der Waals surface area contributed by atoms with Gasteiger partial charge in [0, 0.05) is 50.4 Å². The minimum absolute atomic E-state index is 0.242. The monoisotopic (exact) mass is 358 g/mol. The van der Waals surface area contributed by atoms with Crippen molar-refractivity contribution in [3.05, 3.63) is 47.7 Å². The number of piperazine rings is 1. The molecule has 1 aliphatic rings. The molecule has 0 radical (unpaired) electrons. The summed E-state index contributed by atoms with van der Waals surface area (Å²) in [5.41, 5.74) is 1.02. The molecule has 1 aliphatic heterocycles. The number of halogens is 1. The molecule has 3 rings (SSSR count). The summed E-state index contributed by atoms with van der Waals surface area (Å²) in [6, 6.07) is 8.24. The van der Waals surface area contributed by atoms with Gasteiger partial charge in [-0.25, -0.2) is 14.4 Å². The van der Waals surface area contributed by atoms with Crippen LogP contribution >= 0.6 is 0 Å². The zero-order valence-electron chi connectivity index (χ0n) is 15.8. The Morgan fingerprint density at radius 2 is 1.77 bits per heavy atom. The molecule has 1 saturated heterocycles. The number of rotatable bonds is 6. The van der Waals surface area contributed by atoms with E-state index in [-0.39, 0.29) is 5.82 Å². The van der Waals surface area contributed by atoms with Crippen molar-refractivity contribution < 1.29 is 9.13 Å². The van der Waals surface area contributed by atoms with Gasteiger partial charge in [-0.05, 0) is 31.2 Å². The van der Waals surface area contributed by atoms with E-state index in [2.05, 4.69) is 34.7 Å². The molecular formula is C20H27FN4O. The molecule has 0 unspecified atom stereocenters. The highest BCUT2D eigenvalue weighted by atomic mass is 19.1. The minimum atomic E-state index is -0.242. The van der Waals surface area contributed by atoms with Crippen LogP contribution in [0, 0.1) is 12.7 Å². The number of aromatic nitrogens is 2. The number of hydrogen-bond acceptors (Lipinski definition) is 5. The molecule has 0 atom stereocenters. The molecule has 0 saturated carbocycles. The van der Waals surface area contributed by atoms with Crippen LogP contribution in [0.3, 0.4) is 0 Å². The normalized spacial score (nSPS) is 15.5. The Labute approximate surface area is 154 Å². The first kappa shape index (κ1) is 18.6. The van der Waals surface area contributed by atoms with Crippen LogP contribution in [0.5, 0.6) is 5.75 Å². The summed E-state index contributed by atoms with van der Waals surface area (Å²) in [6.07, 6.45) is 0. The maximum absolute atomic E-state index is 12.9. The second kappa shape index (κ2) is 8.45. The summed E-state index contributed by atoms with van der Waals surface area (Å²) in [5.74, 6) is 2.74. The molecule has 140 valence electrons. The maximum Gasteiger partial charge on any atom is 0.133 e. The van der Waals surface area contributed by atoms with Crippen LogP contribution in [-0.2, 0) is 0 Å². The smallest absolute Gasteiger partial charge is 0.133 e. The van der Waals surface area contributed by atoms with Gasteiger partial charge in [-0.3, -0.25) is 4.90 Å². The molecule has 0 bridgehead atoms. The van der Waals surface area contributed by atoms with E-state index in [1.165, 1.54) is 12.1 Å². The van der Waals surface area contributed by atoms with Gasteiger partial charge in [0.15, 0.2) is 0 Å². The highest BCUT2D eigenvalue weighted by Gasteiger charge is 2.19. The van der Waals surface area contributed by atoms with Crippen LogP contribution in [0.1, 0.15) is 31.3 Å². The molecule has 0 aliphatic carbocycles. The largest absolute Gasteiger partial charge is 0.492 e. The van der Waals surface area contributed by atoms with E-state index >= 15 is 0 Å². The van der Waals surface area contributed by atoms with Crippen LogP contribution in [0.2, 0.25) is 0 Å². The Kier molecular flexibility index (Phi) is 6.04. The highest BCUT2D eigenvalue weighted by Crippen LogP contribution is 2.18. The van der Waals surface area contributed by atoms with Gasteiger partial charge in [0.25, 0.3) is 0 Å². The summed E-state index contributed by atoms with van der Waals surface area (Å²) in [7, 11) is 0. The predicted molar refractivity (Wildman–Crippen MR) is 101 cm³/mol. The van der Waals surface area contributed by atoms with Crippen LogP contribution in [0.4, 0.5) is 10.2 Å². The van der Waals surface area contributed by atoms with Gasteiger partial charge in [-0.1, -0.05) is 13.8 Å². The number of ether oxygens (including phenoxy) is 1. The minimum Gasteiger partial charge on any atom is -0.492 e. The molecule has 0 amide bonds. The summed E-state index contributed by atoms with van der Waals surface area (Å²) < 4.78 is 18.6. The zero-order chi connectivity index (χ0) is 18.5. The van der Waals surface area contributed by atoms with Gasteiger partial charge in [0.1, 0.15) is 29.8 Å². The van der Waals surface area contributed by atoms with Crippen molar-refractivity contribution >= 4 is 5.82 Å². The first-order chi connectivity index (χ1) is 12.5. The van der Waals surface area contributed by atoms with E-state index in [4.69, 9.17) is 9.72 Å². The molecular weight excluding hydrogens is 331 g/mol. The Bertz CT molecular complexity index is 712. The molecule has 26 heavy (non-hydrogen) atoms. The van der Waals surface area contributed by atoms with Crippen LogP contribution in [0.25, 0.3) is 0 Å². The fourth-order valence-corrected chi connectivity index (χ4v) is 3.02. The molecule has 1 aromatic heterocycles. The molecule has 0 spiro atoms. The van der Waals surface area contributed by atoms with Gasteiger partial charge in [-0.2, -0.15) is 0 Å². The molecule has 1 aromatic carbocycles. The lowest BCUT2D eigenvalue weighted by atomic mass is 10.2. The fourth-order valence-electron chi connectivity index (χ4n) is 3.02. The summed E-state index contributed by atoms with van der Waals surface area (Å²) in [4.78, 5) is 14.0. The van der Waals surface area contributed by atoms with Crippen molar-refractivity contribution in [1.82, 2.24) is 14.9 Å². The van der Waals surface area contributed by atoms with E-state index in [1.54, 1.807) is 12.1 Å². The summed E-state index contributed by atoms with van der Waals surface area (Å²) in [6.45, 7) is 11.6. The Balaban J connectivity index is 1.47. The maximum atomic E-state index is 12.9. The van der Waals surface area contributed by atoms with Crippen molar-refractivity contribution in [2.75, 3.05) is 44.2 Å². The number of benzene rings is 1. The quantitative estimate of drug-likeness (QED) is 0.793. The summed E-state index contributed by atoms with van der Waals surface area (Å²) >= 11 is 0. The van der Waals surface area contributed by atoms with Crippen molar-refractivity contribution in [1.29, 1.82) is 0 Å². The molecule has 0 N–H and O–H groups in total. The lowest BCUT2D eigenvalue weighted by Crippen LogP contribution is -2.47. The first-order valence-electron chi connectivity index (χ1n) is 9.22. The third-order valence-corrected chi connectivity index (χ3v) is 4.56. The Morgan fingerprint density at radius 1 is 1.08 bits per heavy atom. The van der Waals surface area contributed by atoms with Crippen LogP contribution < -0.4 is 9.64 Å². The molecule has 1 fully saturated rings. The average Bonchev–Trinajstić information content (AvgIpc) is 2.63. The predicted octanol–water partition coefficient (Wildman–Crippen LogP) is 3.25. The van der Waals surface area contributed by atoms with E-state index < -0.39 is 0 Å².